The highest BCUT2D eigenvalue weighted by atomic mass is 31.2. The van der Waals surface area contributed by atoms with Crippen LogP contribution in [0.3, 0.4) is 0 Å². The molecule has 0 heterocycles. The summed E-state index contributed by atoms with van der Waals surface area (Å²) in [5.41, 5.74) is -0.153. The Balaban J connectivity index is 0. The number of aliphatic carboxylic acids is 2. The Morgan fingerprint density at radius 1 is 1.22 bits per heavy atom. The second-order valence-electron chi connectivity index (χ2n) is 5.38. The summed E-state index contributed by atoms with van der Waals surface area (Å²) in [4.78, 5) is 28.9. The second kappa shape index (κ2) is 11.3. The Labute approximate surface area is 136 Å². The number of carboxylic acids is 2. The van der Waals surface area contributed by atoms with Gasteiger partial charge >= 0.3 is 13.8 Å². The quantitative estimate of drug-likeness (QED) is 0.335. The van der Waals surface area contributed by atoms with Gasteiger partial charge in [0.25, 0.3) is 0 Å². The summed E-state index contributed by atoms with van der Waals surface area (Å²) in [5.74, 6) is -2.69. The third-order valence-corrected chi connectivity index (χ3v) is 3.35. The molecule has 0 aliphatic heterocycles. The van der Waals surface area contributed by atoms with Gasteiger partial charge in [0.1, 0.15) is 13.2 Å². The van der Waals surface area contributed by atoms with E-state index in [1.54, 1.807) is 13.8 Å². The van der Waals surface area contributed by atoms with Gasteiger partial charge in [-0.05, 0) is 19.4 Å². The van der Waals surface area contributed by atoms with Gasteiger partial charge in [-0.15, -0.1) is 0 Å². The molecule has 23 heavy (non-hydrogen) atoms. The van der Waals surface area contributed by atoms with Gasteiger partial charge in [-0.25, -0.2) is 9.36 Å². The normalized spacial score (nSPS) is 14.4. The first-order valence-corrected chi connectivity index (χ1v) is 8.41. The van der Waals surface area contributed by atoms with Crippen molar-refractivity contribution in [3.8, 4) is 0 Å². The van der Waals surface area contributed by atoms with Crippen LogP contribution in [0.1, 0.15) is 20.3 Å². The first-order valence-electron chi connectivity index (χ1n) is 6.91. The molecule has 0 fully saturated rings. The highest BCUT2D eigenvalue weighted by Gasteiger charge is 2.21. The van der Waals surface area contributed by atoms with Gasteiger partial charge in [0.05, 0.1) is 33.7 Å². The minimum Gasteiger partial charge on any atom is -0.545 e. The van der Waals surface area contributed by atoms with Crippen molar-refractivity contribution in [3.63, 3.8) is 0 Å². The van der Waals surface area contributed by atoms with Crippen LogP contribution >= 0.6 is 7.82 Å². The summed E-state index contributed by atoms with van der Waals surface area (Å²) in [5, 5.41) is 18.1. The highest BCUT2D eigenvalue weighted by molar-refractivity contribution is 7.47. The summed E-state index contributed by atoms with van der Waals surface area (Å²) >= 11 is 0. The van der Waals surface area contributed by atoms with Crippen molar-refractivity contribution in [1.29, 1.82) is 0 Å². The lowest BCUT2D eigenvalue weighted by atomic mass is 10.2. The number of carboxylic acid groups (broad SMARTS) is 2. The number of nitrogens with zero attached hydrogens (tertiary/aromatic N) is 1. The maximum Gasteiger partial charge on any atom is 0.472 e. The number of hydrogen-bond donors (Lipinski definition) is 2. The van der Waals surface area contributed by atoms with E-state index in [4.69, 9.17) is 14.5 Å². The fourth-order valence-corrected chi connectivity index (χ4v) is 1.80. The molecule has 0 saturated carbocycles. The van der Waals surface area contributed by atoms with Gasteiger partial charge in [-0.3, -0.25) is 9.05 Å². The molecule has 0 rings (SSSR count). The van der Waals surface area contributed by atoms with Crippen LogP contribution in [0.25, 0.3) is 0 Å². The van der Waals surface area contributed by atoms with Crippen molar-refractivity contribution in [1.82, 2.24) is 0 Å². The summed E-state index contributed by atoms with van der Waals surface area (Å²) in [6, 6.07) is 0. The Kier molecular flexibility index (Phi) is 11.8. The van der Waals surface area contributed by atoms with Crippen LogP contribution in [0, 0.1) is 0 Å². The molecule has 0 aromatic heterocycles. The molecule has 1 unspecified atom stereocenters. The number of carbonyl (C=O) groups excluding carboxylic acids is 1. The van der Waals surface area contributed by atoms with Gasteiger partial charge in [0.15, 0.2) is 0 Å². The van der Waals surface area contributed by atoms with E-state index >= 15 is 0 Å². The van der Waals surface area contributed by atoms with Gasteiger partial charge in [0, 0.05) is 5.57 Å². The van der Waals surface area contributed by atoms with Crippen molar-refractivity contribution in [2.24, 2.45) is 0 Å². The van der Waals surface area contributed by atoms with E-state index in [0.717, 1.165) is 0 Å². The third-order valence-electron chi connectivity index (χ3n) is 2.26. The molecule has 0 bridgehead atoms. The topological polar surface area (TPSA) is 133 Å². The molecule has 0 aliphatic carbocycles. The van der Waals surface area contributed by atoms with Gasteiger partial charge in [-0.1, -0.05) is 6.92 Å². The van der Waals surface area contributed by atoms with Crippen LogP contribution in [-0.4, -0.2) is 67.3 Å². The standard InChI is InChI=1S/C7H18NO4P.C6H8O4/c1-5-11-13(9,10)12-7-6-8(2,3)4;1-2-4(6(9)10)3-5(7)8/h5-7H2,1-4H3;3H,2H2,1H3,(H,7,8)(H,9,10)/b;4-3+. The van der Waals surface area contributed by atoms with Gasteiger partial charge in [0.2, 0.25) is 0 Å². The molecular weight excluding hydrogens is 329 g/mol. The van der Waals surface area contributed by atoms with Crippen LogP contribution in [0.4, 0.5) is 0 Å². The minimum absolute atomic E-state index is 0.153. The number of quaternary nitrogens is 1. The van der Waals surface area contributed by atoms with Crippen LogP contribution in [-0.2, 0) is 23.2 Å². The molecule has 0 aromatic carbocycles. The fourth-order valence-electron chi connectivity index (χ4n) is 1.09. The zero-order chi connectivity index (χ0) is 18.7. The molecule has 0 spiro atoms. The molecule has 0 aliphatic rings. The Morgan fingerprint density at radius 3 is 2.00 bits per heavy atom. The van der Waals surface area contributed by atoms with Crippen LogP contribution in [0.15, 0.2) is 11.6 Å². The summed E-state index contributed by atoms with van der Waals surface area (Å²) < 4.78 is 20.9. The van der Waals surface area contributed by atoms with E-state index in [1.165, 1.54) is 0 Å². The molecule has 0 saturated heterocycles. The van der Waals surface area contributed by atoms with E-state index in [-0.39, 0.29) is 25.2 Å². The molecule has 9 nitrogen and oxygen atoms in total. The van der Waals surface area contributed by atoms with Crippen LogP contribution < -0.4 is 5.11 Å². The second-order valence-corrected chi connectivity index (χ2v) is 6.83. The number of rotatable bonds is 9. The van der Waals surface area contributed by atoms with Crippen LogP contribution in [0.5, 0.6) is 0 Å². The molecule has 10 heteroatoms. The molecule has 136 valence electrons. The van der Waals surface area contributed by atoms with Crippen molar-refractivity contribution in [2.75, 3.05) is 40.9 Å². The molecule has 0 amide bonds. The molecule has 2 N–H and O–H groups in total. The summed E-state index contributed by atoms with van der Waals surface area (Å²) in [7, 11) is 2.15. The summed E-state index contributed by atoms with van der Waals surface area (Å²) in [6.45, 7) is 4.27. The SMILES string of the molecule is CC/C(=C\C(=O)[O-])C(=O)O.CCOP(=O)(O)OCC[N+](C)(C)C. The average Bonchev–Trinajstić information content (AvgIpc) is 2.34. The monoisotopic (exact) mass is 355 g/mol. The lowest BCUT2D eigenvalue weighted by Gasteiger charge is -2.23. The minimum atomic E-state index is -3.79. The van der Waals surface area contributed by atoms with Crippen molar-refractivity contribution in [3.05, 3.63) is 11.6 Å². The maximum absolute atomic E-state index is 11.0. The first kappa shape index (κ1) is 24.0. The van der Waals surface area contributed by atoms with Crippen molar-refractivity contribution < 1.29 is 42.8 Å². The van der Waals surface area contributed by atoms with E-state index in [1.807, 2.05) is 21.1 Å². The largest absolute Gasteiger partial charge is 0.545 e. The van der Waals surface area contributed by atoms with Crippen molar-refractivity contribution in [2.45, 2.75) is 20.3 Å². The van der Waals surface area contributed by atoms with Crippen LogP contribution in [0.2, 0.25) is 0 Å². The number of likely N-dealkylation sites (N-methyl/N-ethyl adjacent to an activating group) is 1. The zero-order valence-electron chi connectivity index (χ0n) is 14.1. The van der Waals surface area contributed by atoms with Gasteiger partial charge in [-0.2, -0.15) is 0 Å². The fraction of sp³-hybridized carbons (Fsp3) is 0.692. The van der Waals surface area contributed by atoms with E-state index in [2.05, 4.69) is 4.52 Å². The average molecular weight is 355 g/mol. The first-order chi connectivity index (χ1) is 10.3. The Morgan fingerprint density at radius 2 is 1.74 bits per heavy atom. The number of phosphoric ester groups is 1. The molecule has 0 radical (unpaired) electrons. The third kappa shape index (κ3) is 16.9. The number of hydrogen-bond acceptors (Lipinski definition) is 6. The molecule has 0 aromatic rings. The highest BCUT2D eigenvalue weighted by Crippen LogP contribution is 2.42. The Hall–Kier alpha value is -1.25. The molecule has 1 atom stereocenters. The lowest BCUT2D eigenvalue weighted by Crippen LogP contribution is -2.37. The smallest absolute Gasteiger partial charge is 0.472 e. The van der Waals surface area contributed by atoms with Crippen molar-refractivity contribution >= 4 is 19.8 Å². The Bertz CT molecular complexity index is 455. The van der Waals surface area contributed by atoms with E-state index in [0.29, 0.717) is 17.1 Å². The zero-order valence-corrected chi connectivity index (χ0v) is 15.0. The van der Waals surface area contributed by atoms with E-state index < -0.39 is 19.8 Å². The predicted octanol–water partition coefficient (Wildman–Crippen LogP) is 0.00340. The maximum atomic E-state index is 11.0. The summed E-state index contributed by atoms with van der Waals surface area (Å²) in [6.07, 6.45) is 0.769. The molecular formula is C13H26NO8P. The lowest BCUT2D eigenvalue weighted by molar-refractivity contribution is -0.870. The van der Waals surface area contributed by atoms with E-state index in [9.17, 15) is 19.3 Å². The number of phosphoric acid groups is 1. The number of carbonyl (C=O) groups is 2. The predicted molar refractivity (Wildman–Crippen MR) is 81.3 cm³/mol. The van der Waals surface area contributed by atoms with Gasteiger partial charge < -0.3 is 24.4 Å².